The number of unbranched alkanes of at least 4 members (excludes halogenated alkanes) is 3. The Balaban J connectivity index is 3.73. The molecule has 0 fully saturated rings. The van der Waals surface area contributed by atoms with Gasteiger partial charge in [0.05, 0.1) is 20.6 Å². The van der Waals surface area contributed by atoms with E-state index in [-0.39, 0.29) is 23.7 Å². The summed E-state index contributed by atoms with van der Waals surface area (Å²) in [6.45, 7) is 0. The molecular formula is C13H23NO6. The van der Waals surface area contributed by atoms with E-state index in [9.17, 15) is 19.7 Å². The summed E-state index contributed by atoms with van der Waals surface area (Å²) < 4.78 is 8.99. The molecule has 0 spiro atoms. The second-order valence-electron chi connectivity index (χ2n) is 4.58. The van der Waals surface area contributed by atoms with Gasteiger partial charge in [-0.2, -0.15) is 0 Å². The van der Waals surface area contributed by atoms with Gasteiger partial charge < -0.3 is 9.47 Å². The number of hydrogen-bond acceptors (Lipinski definition) is 6. The molecule has 0 aliphatic carbocycles. The maximum atomic E-state index is 11.0. The van der Waals surface area contributed by atoms with E-state index in [1.807, 2.05) is 0 Å². The van der Waals surface area contributed by atoms with Crippen molar-refractivity contribution in [2.75, 3.05) is 14.2 Å². The van der Waals surface area contributed by atoms with Crippen molar-refractivity contribution in [3.05, 3.63) is 10.1 Å². The molecule has 0 aromatic heterocycles. The lowest BCUT2D eigenvalue weighted by Gasteiger charge is -2.08. The third-order valence-electron chi connectivity index (χ3n) is 3.10. The summed E-state index contributed by atoms with van der Waals surface area (Å²) in [4.78, 5) is 32.3. The fourth-order valence-electron chi connectivity index (χ4n) is 1.85. The van der Waals surface area contributed by atoms with Crippen LogP contribution in [0.25, 0.3) is 0 Å². The topological polar surface area (TPSA) is 95.7 Å². The Morgan fingerprint density at radius 3 is 2.05 bits per heavy atom. The molecule has 0 rings (SSSR count). The second-order valence-corrected chi connectivity index (χ2v) is 4.58. The molecule has 0 aromatic rings. The zero-order chi connectivity index (χ0) is 15.4. The Morgan fingerprint density at radius 2 is 1.50 bits per heavy atom. The van der Waals surface area contributed by atoms with Gasteiger partial charge >= 0.3 is 11.9 Å². The first-order chi connectivity index (χ1) is 9.51. The SMILES string of the molecule is COC(=O)CCCCCCC(CCC(=O)OC)[N+](=O)[O-]. The van der Waals surface area contributed by atoms with Crippen LogP contribution in [-0.2, 0) is 19.1 Å². The maximum absolute atomic E-state index is 11.0. The number of ether oxygens (including phenoxy) is 2. The highest BCUT2D eigenvalue weighted by atomic mass is 16.6. The smallest absolute Gasteiger partial charge is 0.305 e. The van der Waals surface area contributed by atoms with Gasteiger partial charge in [0.25, 0.3) is 0 Å². The van der Waals surface area contributed by atoms with E-state index in [1.54, 1.807) is 0 Å². The van der Waals surface area contributed by atoms with Crippen molar-refractivity contribution in [2.24, 2.45) is 0 Å². The van der Waals surface area contributed by atoms with Gasteiger partial charge in [-0.1, -0.05) is 12.8 Å². The van der Waals surface area contributed by atoms with Gasteiger partial charge in [0.1, 0.15) is 0 Å². The number of carbonyl (C=O) groups is 2. The third kappa shape index (κ3) is 9.29. The highest BCUT2D eigenvalue weighted by molar-refractivity contribution is 5.69. The summed E-state index contributed by atoms with van der Waals surface area (Å²) in [5.41, 5.74) is 0. The first-order valence-corrected chi connectivity index (χ1v) is 6.78. The molecule has 0 saturated carbocycles. The zero-order valence-electron chi connectivity index (χ0n) is 12.1. The molecule has 0 bridgehead atoms. The normalized spacial score (nSPS) is 11.7. The Morgan fingerprint density at radius 1 is 0.950 bits per heavy atom. The number of rotatable bonds is 11. The van der Waals surface area contributed by atoms with Gasteiger partial charge in [-0.05, 0) is 12.8 Å². The van der Waals surface area contributed by atoms with Gasteiger partial charge in [-0.3, -0.25) is 19.7 Å². The molecule has 0 radical (unpaired) electrons. The number of nitrogens with zero attached hydrogens (tertiary/aromatic N) is 1. The predicted octanol–water partition coefficient (Wildman–Crippen LogP) is 2.10. The van der Waals surface area contributed by atoms with Gasteiger partial charge in [0, 0.05) is 24.2 Å². The first-order valence-electron chi connectivity index (χ1n) is 6.78. The van der Waals surface area contributed by atoms with Crippen molar-refractivity contribution < 1.29 is 24.0 Å². The Kier molecular flexibility index (Phi) is 10.3. The molecule has 0 saturated heterocycles. The van der Waals surface area contributed by atoms with Crippen LogP contribution in [0.3, 0.4) is 0 Å². The van der Waals surface area contributed by atoms with Gasteiger partial charge in [0.2, 0.25) is 6.04 Å². The van der Waals surface area contributed by atoms with Crippen LogP contribution in [0, 0.1) is 10.1 Å². The van der Waals surface area contributed by atoms with Crippen LogP contribution in [0.5, 0.6) is 0 Å². The summed E-state index contributed by atoms with van der Waals surface area (Å²) in [6, 6.07) is -0.699. The quantitative estimate of drug-likeness (QED) is 0.250. The molecule has 0 N–H and O–H groups in total. The van der Waals surface area contributed by atoms with Crippen molar-refractivity contribution in [3.8, 4) is 0 Å². The molecule has 7 heteroatoms. The molecular weight excluding hydrogens is 266 g/mol. The van der Waals surface area contributed by atoms with E-state index in [0.29, 0.717) is 19.3 Å². The van der Waals surface area contributed by atoms with E-state index in [0.717, 1.165) is 19.3 Å². The Labute approximate surface area is 118 Å². The minimum atomic E-state index is -0.699. The fraction of sp³-hybridized carbons (Fsp3) is 0.846. The van der Waals surface area contributed by atoms with E-state index < -0.39 is 12.0 Å². The number of esters is 2. The largest absolute Gasteiger partial charge is 0.469 e. The van der Waals surface area contributed by atoms with Crippen LogP contribution >= 0.6 is 0 Å². The molecule has 0 heterocycles. The van der Waals surface area contributed by atoms with Gasteiger partial charge in [-0.15, -0.1) is 0 Å². The third-order valence-corrected chi connectivity index (χ3v) is 3.10. The molecule has 0 amide bonds. The summed E-state index contributed by atoms with van der Waals surface area (Å²) in [6.07, 6.45) is 4.24. The molecule has 0 aromatic carbocycles. The molecule has 7 nitrogen and oxygen atoms in total. The van der Waals surface area contributed by atoms with Crippen molar-refractivity contribution in [3.63, 3.8) is 0 Å². The van der Waals surface area contributed by atoms with Crippen LogP contribution in [-0.4, -0.2) is 37.1 Å². The Hall–Kier alpha value is -1.66. The summed E-state index contributed by atoms with van der Waals surface area (Å²) in [5.74, 6) is -0.652. The summed E-state index contributed by atoms with van der Waals surface area (Å²) >= 11 is 0. The molecule has 1 atom stereocenters. The minimum absolute atomic E-state index is 0.0739. The van der Waals surface area contributed by atoms with Gasteiger partial charge in [-0.25, -0.2) is 0 Å². The van der Waals surface area contributed by atoms with Crippen molar-refractivity contribution in [1.29, 1.82) is 0 Å². The maximum Gasteiger partial charge on any atom is 0.305 e. The van der Waals surface area contributed by atoms with Crippen LogP contribution < -0.4 is 0 Å². The zero-order valence-corrected chi connectivity index (χ0v) is 12.1. The Bertz CT molecular complexity index is 318. The number of nitro groups is 1. The molecule has 0 aliphatic heterocycles. The monoisotopic (exact) mass is 289 g/mol. The number of carbonyl (C=O) groups excluding carboxylic acids is 2. The number of methoxy groups -OCH3 is 2. The van der Waals surface area contributed by atoms with Gasteiger partial charge in [0.15, 0.2) is 0 Å². The molecule has 20 heavy (non-hydrogen) atoms. The van der Waals surface area contributed by atoms with Crippen LogP contribution in [0.15, 0.2) is 0 Å². The standard InChI is InChI=1S/C13H23NO6/c1-19-12(15)8-6-4-3-5-7-11(14(17)18)9-10-13(16)20-2/h11H,3-10H2,1-2H3. The lowest BCUT2D eigenvalue weighted by Crippen LogP contribution is -2.21. The lowest BCUT2D eigenvalue weighted by molar-refractivity contribution is -0.524. The molecule has 0 aliphatic rings. The van der Waals surface area contributed by atoms with Crippen molar-refractivity contribution in [2.45, 2.75) is 57.4 Å². The summed E-state index contributed by atoms with van der Waals surface area (Å²) in [7, 11) is 2.62. The van der Waals surface area contributed by atoms with E-state index in [4.69, 9.17) is 0 Å². The number of hydrogen-bond donors (Lipinski definition) is 0. The van der Waals surface area contributed by atoms with Crippen molar-refractivity contribution >= 4 is 11.9 Å². The van der Waals surface area contributed by atoms with Crippen LogP contribution in [0.1, 0.15) is 51.4 Å². The molecule has 116 valence electrons. The highest BCUT2D eigenvalue weighted by Crippen LogP contribution is 2.13. The van der Waals surface area contributed by atoms with E-state index >= 15 is 0 Å². The van der Waals surface area contributed by atoms with E-state index in [2.05, 4.69) is 9.47 Å². The van der Waals surface area contributed by atoms with Crippen molar-refractivity contribution in [1.82, 2.24) is 0 Å². The molecule has 1 unspecified atom stereocenters. The highest BCUT2D eigenvalue weighted by Gasteiger charge is 2.20. The second kappa shape index (κ2) is 11.2. The lowest BCUT2D eigenvalue weighted by atomic mass is 10.0. The minimum Gasteiger partial charge on any atom is -0.469 e. The van der Waals surface area contributed by atoms with E-state index in [1.165, 1.54) is 14.2 Å². The van der Waals surface area contributed by atoms with Crippen LogP contribution in [0.4, 0.5) is 0 Å². The average Bonchev–Trinajstić information content (AvgIpc) is 2.44. The summed E-state index contributed by atoms with van der Waals surface area (Å²) in [5, 5.41) is 10.8. The fourth-order valence-corrected chi connectivity index (χ4v) is 1.85. The average molecular weight is 289 g/mol. The first kappa shape index (κ1) is 18.3. The predicted molar refractivity (Wildman–Crippen MR) is 71.8 cm³/mol. The van der Waals surface area contributed by atoms with Crippen LogP contribution in [0.2, 0.25) is 0 Å².